The number of para-hydroxylation sites is 1. The Kier molecular flexibility index (Phi) is 5.37. The molecule has 1 aliphatic heterocycles. The van der Waals surface area contributed by atoms with E-state index >= 15 is 0 Å². The fourth-order valence-corrected chi connectivity index (χ4v) is 2.83. The van der Waals surface area contributed by atoms with E-state index in [9.17, 15) is 5.11 Å². The van der Waals surface area contributed by atoms with Crippen LogP contribution in [-0.4, -0.2) is 36.2 Å². The number of nitrogens with zero attached hydrogens (tertiary/aromatic N) is 1. The van der Waals surface area contributed by atoms with Crippen molar-refractivity contribution in [1.82, 2.24) is 4.90 Å². The largest absolute Gasteiger partial charge is 0.508 e. The molecular formula is C19H24N2O2. The molecule has 0 aliphatic carbocycles. The van der Waals surface area contributed by atoms with Gasteiger partial charge in [0.15, 0.2) is 0 Å². The molecule has 0 atom stereocenters. The summed E-state index contributed by atoms with van der Waals surface area (Å²) in [4.78, 5) is 2.45. The van der Waals surface area contributed by atoms with Crippen molar-refractivity contribution in [3.8, 4) is 11.5 Å². The highest BCUT2D eigenvalue weighted by molar-refractivity contribution is 5.47. The standard InChI is InChI=1S/C19H24N2O2/c22-19-6-2-1-5-16(19)15-20-17-7-9-18(10-8-17)23-14-13-21-11-3-4-12-21/h1-2,5-10,20,22H,3-4,11-15H2. The third-order valence-electron chi connectivity index (χ3n) is 4.20. The zero-order valence-corrected chi connectivity index (χ0v) is 13.4. The van der Waals surface area contributed by atoms with Crippen LogP contribution >= 0.6 is 0 Å². The van der Waals surface area contributed by atoms with Crippen molar-refractivity contribution < 1.29 is 9.84 Å². The maximum Gasteiger partial charge on any atom is 0.120 e. The molecule has 122 valence electrons. The van der Waals surface area contributed by atoms with E-state index in [1.165, 1.54) is 25.9 Å². The molecule has 0 bridgehead atoms. The van der Waals surface area contributed by atoms with Gasteiger partial charge in [-0.2, -0.15) is 0 Å². The van der Waals surface area contributed by atoms with E-state index < -0.39 is 0 Å². The predicted molar refractivity (Wildman–Crippen MR) is 93.0 cm³/mol. The molecule has 0 radical (unpaired) electrons. The van der Waals surface area contributed by atoms with Crippen molar-refractivity contribution in [2.75, 3.05) is 31.6 Å². The van der Waals surface area contributed by atoms with Gasteiger partial charge in [0.05, 0.1) is 0 Å². The Balaban J connectivity index is 1.44. The lowest BCUT2D eigenvalue weighted by Crippen LogP contribution is -2.25. The Morgan fingerprint density at radius 1 is 1.00 bits per heavy atom. The van der Waals surface area contributed by atoms with E-state index in [-0.39, 0.29) is 0 Å². The van der Waals surface area contributed by atoms with Crippen LogP contribution in [0, 0.1) is 0 Å². The van der Waals surface area contributed by atoms with Gasteiger partial charge >= 0.3 is 0 Å². The van der Waals surface area contributed by atoms with Crippen LogP contribution in [0.1, 0.15) is 18.4 Å². The molecule has 4 heteroatoms. The van der Waals surface area contributed by atoms with Crippen LogP contribution in [0.4, 0.5) is 5.69 Å². The first-order valence-electron chi connectivity index (χ1n) is 8.27. The fourth-order valence-electron chi connectivity index (χ4n) is 2.83. The maximum absolute atomic E-state index is 9.76. The number of nitrogens with one attached hydrogen (secondary N) is 1. The fraction of sp³-hybridized carbons (Fsp3) is 0.368. The molecule has 1 aliphatic rings. The molecule has 1 fully saturated rings. The van der Waals surface area contributed by atoms with Gasteiger partial charge in [0.25, 0.3) is 0 Å². The quantitative estimate of drug-likeness (QED) is 0.821. The molecule has 1 saturated heterocycles. The average Bonchev–Trinajstić information content (AvgIpc) is 3.09. The Labute approximate surface area is 137 Å². The zero-order chi connectivity index (χ0) is 15.9. The van der Waals surface area contributed by atoms with Gasteiger partial charge in [0.1, 0.15) is 18.1 Å². The van der Waals surface area contributed by atoms with E-state index in [1.807, 2.05) is 42.5 Å². The minimum Gasteiger partial charge on any atom is -0.508 e. The zero-order valence-electron chi connectivity index (χ0n) is 13.4. The summed E-state index contributed by atoms with van der Waals surface area (Å²) in [7, 11) is 0. The van der Waals surface area contributed by atoms with E-state index in [4.69, 9.17) is 4.74 Å². The van der Waals surface area contributed by atoms with Gasteiger partial charge in [-0.05, 0) is 56.3 Å². The van der Waals surface area contributed by atoms with E-state index in [2.05, 4.69) is 10.2 Å². The van der Waals surface area contributed by atoms with Gasteiger partial charge in [-0.1, -0.05) is 18.2 Å². The van der Waals surface area contributed by atoms with E-state index in [0.29, 0.717) is 12.3 Å². The van der Waals surface area contributed by atoms with Crippen LogP contribution in [0.5, 0.6) is 11.5 Å². The number of hydrogen-bond acceptors (Lipinski definition) is 4. The van der Waals surface area contributed by atoms with Gasteiger partial charge in [0, 0.05) is 24.3 Å². The van der Waals surface area contributed by atoms with Crippen LogP contribution in [0.3, 0.4) is 0 Å². The minimum atomic E-state index is 0.321. The first-order chi connectivity index (χ1) is 11.3. The lowest BCUT2D eigenvalue weighted by Gasteiger charge is -2.15. The normalized spacial score (nSPS) is 14.8. The average molecular weight is 312 g/mol. The molecule has 0 aromatic heterocycles. The summed E-state index contributed by atoms with van der Waals surface area (Å²) in [5, 5.41) is 13.1. The van der Waals surface area contributed by atoms with Crippen molar-refractivity contribution in [2.45, 2.75) is 19.4 Å². The summed E-state index contributed by atoms with van der Waals surface area (Å²) in [6, 6.07) is 15.3. The number of likely N-dealkylation sites (tertiary alicyclic amines) is 1. The lowest BCUT2D eigenvalue weighted by atomic mass is 10.2. The third-order valence-corrected chi connectivity index (χ3v) is 4.20. The molecule has 0 amide bonds. The third kappa shape index (κ3) is 4.63. The van der Waals surface area contributed by atoms with Gasteiger partial charge in [-0.15, -0.1) is 0 Å². The second-order valence-corrected chi connectivity index (χ2v) is 5.90. The van der Waals surface area contributed by atoms with Gasteiger partial charge in [-0.3, -0.25) is 4.90 Å². The molecule has 0 saturated carbocycles. The number of rotatable bonds is 7. The predicted octanol–water partition coefficient (Wildman–Crippen LogP) is 3.48. The van der Waals surface area contributed by atoms with Crippen LogP contribution in [-0.2, 0) is 6.54 Å². The van der Waals surface area contributed by atoms with Gasteiger partial charge in [0.2, 0.25) is 0 Å². The summed E-state index contributed by atoms with van der Waals surface area (Å²) < 4.78 is 5.80. The van der Waals surface area contributed by atoms with Crippen molar-refractivity contribution >= 4 is 5.69 Å². The Hall–Kier alpha value is -2.20. The second kappa shape index (κ2) is 7.88. The van der Waals surface area contributed by atoms with E-state index in [0.717, 1.165) is 30.2 Å². The summed E-state index contributed by atoms with van der Waals surface area (Å²) in [5.41, 5.74) is 1.90. The number of anilines is 1. The number of phenolic OH excluding ortho intramolecular Hbond substituents is 1. The van der Waals surface area contributed by atoms with Crippen molar-refractivity contribution in [3.63, 3.8) is 0 Å². The lowest BCUT2D eigenvalue weighted by molar-refractivity contribution is 0.238. The van der Waals surface area contributed by atoms with Crippen LogP contribution in [0.15, 0.2) is 48.5 Å². The minimum absolute atomic E-state index is 0.321. The SMILES string of the molecule is Oc1ccccc1CNc1ccc(OCCN2CCCC2)cc1. The Morgan fingerprint density at radius 2 is 1.74 bits per heavy atom. The van der Waals surface area contributed by atoms with Gasteiger partial charge < -0.3 is 15.2 Å². The summed E-state index contributed by atoms with van der Waals surface area (Å²) >= 11 is 0. The molecule has 2 N–H and O–H groups in total. The Morgan fingerprint density at radius 3 is 2.48 bits per heavy atom. The molecule has 0 spiro atoms. The molecule has 2 aromatic rings. The number of hydrogen-bond donors (Lipinski definition) is 2. The van der Waals surface area contributed by atoms with Crippen LogP contribution < -0.4 is 10.1 Å². The monoisotopic (exact) mass is 312 g/mol. The number of phenols is 1. The molecule has 0 unspecified atom stereocenters. The highest BCUT2D eigenvalue weighted by Crippen LogP contribution is 2.20. The van der Waals surface area contributed by atoms with Crippen molar-refractivity contribution in [2.24, 2.45) is 0 Å². The number of aromatic hydroxyl groups is 1. The summed E-state index contributed by atoms with van der Waals surface area (Å²) in [5.74, 6) is 1.22. The smallest absolute Gasteiger partial charge is 0.120 e. The van der Waals surface area contributed by atoms with Gasteiger partial charge in [-0.25, -0.2) is 0 Å². The number of benzene rings is 2. The first-order valence-corrected chi connectivity index (χ1v) is 8.27. The molecule has 1 heterocycles. The topological polar surface area (TPSA) is 44.7 Å². The summed E-state index contributed by atoms with van der Waals surface area (Å²) in [6.45, 7) is 4.76. The molecule has 3 rings (SSSR count). The Bertz CT molecular complexity index is 607. The molecule has 23 heavy (non-hydrogen) atoms. The van der Waals surface area contributed by atoms with Crippen LogP contribution in [0.2, 0.25) is 0 Å². The highest BCUT2D eigenvalue weighted by Gasteiger charge is 2.10. The van der Waals surface area contributed by atoms with Crippen LogP contribution in [0.25, 0.3) is 0 Å². The maximum atomic E-state index is 9.76. The van der Waals surface area contributed by atoms with E-state index in [1.54, 1.807) is 6.07 Å². The highest BCUT2D eigenvalue weighted by atomic mass is 16.5. The molecule has 4 nitrogen and oxygen atoms in total. The van der Waals surface area contributed by atoms with Crippen molar-refractivity contribution in [3.05, 3.63) is 54.1 Å². The number of ether oxygens (including phenoxy) is 1. The second-order valence-electron chi connectivity index (χ2n) is 5.90. The first kappa shape index (κ1) is 15.7. The molecule has 2 aromatic carbocycles. The molecular weight excluding hydrogens is 288 g/mol. The summed E-state index contributed by atoms with van der Waals surface area (Å²) in [6.07, 6.45) is 2.63. The van der Waals surface area contributed by atoms with Crippen molar-refractivity contribution in [1.29, 1.82) is 0 Å².